The lowest BCUT2D eigenvalue weighted by Gasteiger charge is -2.17. The van der Waals surface area contributed by atoms with Gasteiger partial charge < -0.3 is 4.90 Å². The monoisotopic (exact) mass is 400 g/mol. The zero-order chi connectivity index (χ0) is 18.6. The third-order valence-corrected chi connectivity index (χ3v) is 5.38. The summed E-state index contributed by atoms with van der Waals surface area (Å²) in [6.07, 6.45) is 0.821. The Hall–Kier alpha value is -1.60. The molecular weight excluding hydrogens is 383 g/mol. The summed E-state index contributed by atoms with van der Waals surface area (Å²) < 4.78 is 22.4. The molecule has 0 atom stereocenters. The van der Waals surface area contributed by atoms with Crippen molar-refractivity contribution in [1.82, 2.24) is 4.90 Å². The first kappa shape index (κ1) is 19.7. The number of primary sulfonamides is 1. The van der Waals surface area contributed by atoms with Gasteiger partial charge in [-0.05, 0) is 41.8 Å². The number of hydrogen-bond donors (Lipinski definition) is 1. The molecule has 0 fully saturated rings. The summed E-state index contributed by atoms with van der Waals surface area (Å²) in [5.74, 6) is -0.0263. The number of carbonyl (C=O) groups is 1. The lowest BCUT2D eigenvalue weighted by atomic mass is 10.1. The molecule has 2 aromatic carbocycles. The Kier molecular flexibility index (Phi) is 6.46. The van der Waals surface area contributed by atoms with Crippen LogP contribution in [0.5, 0.6) is 0 Å². The Morgan fingerprint density at radius 3 is 2.20 bits per heavy atom. The van der Waals surface area contributed by atoms with Gasteiger partial charge in [0.25, 0.3) is 0 Å². The second-order valence-electron chi connectivity index (χ2n) is 5.69. The van der Waals surface area contributed by atoms with Gasteiger partial charge in [0.15, 0.2) is 0 Å². The van der Waals surface area contributed by atoms with E-state index in [4.69, 9.17) is 28.3 Å². The number of amides is 1. The summed E-state index contributed by atoms with van der Waals surface area (Å²) in [7, 11) is -1.98. The second kappa shape index (κ2) is 8.19. The summed E-state index contributed by atoms with van der Waals surface area (Å²) in [5, 5.41) is 5.98. The van der Waals surface area contributed by atoms with Crippen molar-refractivity contribution >= 4 is 39.1 Å². The number of benzene rings is 2. The largest absolute Gasteiger partial charge is 0.341 e. The van der Waals surface area contributed by atoms with Crippen molar-refractivity contribution < 1.29 is 13.2 Å². The topological polar surface area (TPSA) is 80.5 Å². The van der Waals surface area contributed by atoms with Crippen LogP contribution < -0.4 is 5.14 Å². The molecule has 5 nitrogen and oxygen atoms in total. The van der Waals surface area contributed by atoms with Gasteiger partial charge in [-0.3, -0.25) is 4.79 Å². The van der Waals surface area contributed by atoms with E-state index < -0.39 is 10.0 Å². The van der Waals surface area contributed by atoms with Gasteiger partial charge >= 0.3 is 0 Å². The summed E-state index contributed by atoms with van der Waals surface area (Å²) in [5.41, 5.74) is 1.76. The third-order valence-electron chi connectivity index (χ3n) is 3.71. The van der Waals surface area contributed by atoms with E-state index in [0.717, 1.165) is 11.1 Å². The highest BCUT2D eigenvalue weighted by Gasteiger charge is 2.11. The first-order chi connectivity index (χ1) is 11.7. The molecule has 0 spiro atoms. The van der Waals surface area contributed by atoms with Crippen molar-refractivity contribution in [3.63, 3.8) is 0 Å². The lowest BCUT2D eigenvalue weighted by molar-refractivity contribution is -0.130. The zero-order valence-corrected chi connectivity index (χ0v) is 15.9. The second-order valence-corrected chi connectivity index (χ2v) is 8.06. The number of nitrogens with zero attached hydrogens (tertiary/aromatic N) is 1. The van der Waals surface area contributed by atoms with Crippen LogP contribution in [0, 0.1) is 0 Å². The molecule has 0 aliphatic rings. The maximum absolute atomic E-state index is 12.2. The van der Waals surface area contributed by atoms with Crippen molar-refractivity contribution in [3.8, 4) is 0 Å². The van der Waals surface area contributed by atoms with Crippen LogP contribution in [-0.2, 0) is 27.8 Å². The number of nitrogens with two attached hydrogens (primary N) is 1. The van der Waals surface area contributed by atoms with E-state index in [1.54, 1.807) is 36.2 Å². The molecule has 2 N–H and O–H groups in total. The van der Waals surface area contributed by atoms with Gasteiger partial charge in [0.1, 0.15) is 0 Å². The van der Waals surface area contributed by atoms with Crippen LogP contribution in [0.3, 0.4) is 0 Å². The number of halogens is 2. The van der Waals surface area contributed by atoms with E-state index in [1.165, 1.54) is 12.1 Å². The summed E-state index contributed by atoms with van der Waals surface area (Å²) in [6.45, 7) is 0.431. The van der Waals surface area contributed by atoms with Crippen LogP contribution in [0.4, 0.5) is 0 Å². The van der Waals surface area contributed by atoms with Gasteiger partial charge in [-0.15, -0.1) is 0 Å². The Balaban J connectivity index is 1.91. The molecule has 1 amide bonds. The summed E-state index contributed by atoms with van der Waals surface area (Å²) in [6, 6.07) is 11.5. The van der Waals surface area contributed by atoms with E-state index in [9.17, 15) is 13.2 Å². The molecule has 0 heterocycles. The highest BCUT2D eigenvalue weighted by molar-refractivity contribution is 7.89. The number of carbonyl (C=O) groups excluding carboxylic acids is 1. The lowest BCUT2D eigenvalue weighted by Crippen LogP contribution is -2.26. The van der Waals surface area contributed by atoms with Crippen molar-refractivity contribution in [3.05, 3.63) is 63.6 Å². The smallest absolute Gasteiger partial charge is 0.238 e. The molecular formula is C17H18Cl2N2O3S. The number of aryl methyl sites for hydroxylation is 1. The SMILES string of the molecule is CN(Cc1ccc(Cl)c(Cl)c1)C(=O)CCc1ccc(S(N)(=O)=O)cc1. The van der Waals surface area contributed by atoms with Gasteiger partial charge in [-0.2, -0.15) is 0 Å². The molecule has 0 aromatic heterocycles. The minimum atomic E-state index is -3.70. The number of hydrogen-bond acceptors (Lipinski definition) is 3. The predicted octanol–water partition coefficient (Wildman–Crippen LogP) is 3.23. The van der Waals surface area contributed by atoms with Crippen molar-refractivity contribution in [2.75, 3.05) is 7.05 Å². The van der Waals surface area contributed by atoms with Crippen molar-refractivity contribution in [2.45, 2.75) is 24.3 Å². The summed E-state index contributed by atoms with van der Waals surface area (Å²) in [4.78, 5) is 13.9. The molecule has 2 aromatic rings. The van der Waals surface area contributed by atoms with E-state index in [2.05, 4.69) is 0 Å². The van der Waals surface area contributed by atoms with Crippen molar-refractivity contribution in [2.24, 2.45) is 5.14 Å². The molecule has 2 rings (SSSR count). The van der Waals surface area contributed by atoms with Gasteiger partial charge in [0.05, 0.1) is 14.9 Å². The minimum Gasteiger partial charge on any atom is -0.341 e. The molecule has 0 bridgehead atoms. The van der Waals surface area contributed by atoms with Gasteiger partial charge in [0, 0.05) is 20.0 Å². The first-order valence-electron chi connectivity index (χ1n) is 7.46. The average molecular weight is 401 g/mol. The van der Waals surface area contributed by atoms with Crippen LogP contribution in [-0.4, -0.2) is 26.3 Å². The normalized spacial score (nSPS) is 11.4. The third kappa shape index (κ3) is 5.71. The fourth-order valence-corrected chi connectivity index (χ4v) is 3.12. The van der Waals surface area contributed by atoms with E-state index in [1.807, 2.05) is 6.07 Å². The molecule has 25 heavy (non-hydrogen) atoms. The molecule has 0 aliphatic heterocycles. The van der Waals surface area contributed by atoms with E-state index >= 15 is 0 Å². The van der Waals surface area contributed by atoms with Crippen LogP contribution >= 0.6 is 23.2 Å². The maximum atomic E-state index is 12.2. The zero-order valence-electron chi connectivity index (χ0n) is 13.6. The highest BCUT2D eigenvalue weighted by atomic mass is 35.5. The molecule has 0 unspecified atom stereocenters. The fourth-order valence-electron chi connectivity index (χ4n) is 2.29. The molecule has 0 radical (unpaired) electrons. The van der Waals surface area contributed by atoms with E-state index in [-0.39, 0.29) is 10.8 Å². The van der Waals surface area contributed by atoms with Crippen molar-refractivity contribution in [1.29, 1.82) is 0 Å². The Bertz CT molecular complexity index is 868. The van der Waals surface area contributed by atoms with Gasteiger partial charge in [-0.25, -0.2) is 13.6 Å². The van der Waals surface area contributed by atoms with Crippen LogP contribution in [0.1, 0.15) is 17.5 Å². The van der Waals surface area contributed by atoms with Crippen LogP contribution in [0.15, 0.2) is 47.4 Å². The molecule has 0 saturated heterocycles. The number of rotatable bonds is 6. The molecule has 8 heteroatoms. The van der Waals surface area contributed by atoms with Crippen LogP contribution in [0.2, 0.25) is 10.0 Å². The predicted molar refractivity (Wildman–Crippen MR) is 99.1 cm³/mol. The van der Waals surface area contributed by atoms with Gasteiger partial charge in [0.2, 0.25) is 15.9 Å². The quantitative estimate of drug-likeness (QED) is 0.807. The van der Waals surface area contributed by atoms with Crippen LogP contribution in [0.25, 0.3) is 0 Å². The summed E-state index contributed by atoms with van der Waals surface area (Å²) >= 11 is 11.9. The Labute approximate surface area is 157 Å². The Morgan fingerprint density at radius 2 is 1.64 bits per heavy atom. The molecule has 134 valence electrons. The minimum absolute atomic E-state index is 0.0263. The average Bonchev–Trinajstić information content (AvgIpc) is 2.55. The standard InChI is InChI=1S/C17H18Cl2N2O3S/c1-21(11-13-4-8-15(18)16(19)10-13)17(22)9-5-12-2-6-14(7-3-12)25(20,23)24/h2-4,6-8,10H,5,9,11H2,1H3,(H2,20,23,24). The van der Waals surface area contributed by atoms with Gasteiger partial charge in [-0.1, -0.05) is 41.4 Å². The highest BCUT2D eigenvalue weighted by Crippen LogP contribution is 2.23. The number of sulfonamides is 1. The first-order valence-corrected chi connectivity index (χ1v) is 9.76. The Morgan fingerprint density at radius 1 is 1.04 bits per heavy atom. The molecule has 0 aliphatic carbocycles. The fraction of sp³-hybridized carbons (Fsp3) is 0.235. The molecule has 0 saturated carbocycles. The maximum Gasteiger partial charge on any atom is 0.238 e. The van der Waals surface area contributed by atoms with E-state index in [0.29, 0.717) is 29.4 Å².